The number of pyridine rings is 4. The van der Waals surface area contributed by atoms with Gasteiger partial charge < -0.3 is 9.97 Å². The molecular weight excluding hydrogens is 1310 g/mol. The van der Waals surface area contributed by atoms with Crippen molar-refractivity contribution in [2.24, 2.45) is 0 Å². The maximum atomic E-state index is 17.5. The second-order valence-electron chi connectivity index (χ2n) is 22.1. The number of halogens is 12. The van der Waals surface area contributed by atoms with E-state index in [1.54, 1.807) is 146 Å². The minimum atomic E-state index is -1.80. The van der Waals surface area contributed by atoms with Gasteiger partial charge in [0.25, 0.3) is 0 Å². The molecule has 0 atom stereocenters. The van der Waals surface area contributed by atoms with Gasteiger partial charge in [0.15, 0.2) is 46.5 Å². The van der Waals surface area contributed by atoms with Crippen molar-refractivity contribution in [1.82, 2.24) is 39.9 Å². The molecule has 0 fully saturated rings. The van der Waals surface area contributed by atoms with Crippen LogP contribution in [0, 0.1) is 70.3 Å². The molecule has 2 aliphatic heterocycles. The standard InChI is InChI=1S/C72H28F12N8.Pd/c73-45-25-49(77)69(81)89-65(45)53-57-37-17-29-9-1-2-10-30(29)18-38(37)58(85-57)54(66-46(74)26-50(78)70(82)90-66)60-41-21-33-13-5-6-14-34(33)22-42(41)62(87-60)56(68-48(76)28-52(80)72(84)92-68)64-44-24-36-16-8-7-15-35(36)23-43(44)63(88-64)55(67-47(75)27-51(79)71(83)91-67)61-40-20-32-12-4-3-11-31(32)19-39(40)59(53)86-61;/h1-28H;/q-2;+2. The molecule has 450 valence electrons. The molecule has 0 amide bonds. The first-order valence-electron chi connectivity index (χ1n) is 28.1. The Hall–Kier alpha value is -11.1. The van der Waals surface area contributed by atoms with Crippen molar-refractivity contribution in [1.29, 1.82) is 0 Å². The van der Waals surface area contributed by atoms with E-state index in [2.05, 4.69) is 19.9 Å². The molecule has 0 unspecified atom stereocenters. The minimum absolute atomic E-state index is 0. The third-order valence-electron chi connectivity index (χ3n) is 16.9. The van der Waals surface area contributed by atoms with E-state index in [1.165, 1.54) is 0 Å². The summed E-state index contributed by atoms with van der Waals surface area (Å²) in [7, 11) is 0. The molecule has 8 nitrogen and oxygen atoms in total. The number of hydrogen-bond acceptors (Lipinski definition) is 6. The first kappa shape index (κ1) is 57.1. The van der Waals surface area contributed by atoms with Gasteiger partial charge >= 0.3 is 20.4 Å². The Kier molecular flexibility index (Phi) is 12.9. The fourth-order valence-electron chi connectivity index (χ4n) is 12.8. The summed E-state index contributed by atoms with van der Waals surface area (Å²) in [5.41, 5.74) is -8.65. The van der Waals surface area contributed by atoms with Crippen LogP contribution in [0.3, 0.4) is 0 Å². The fourth-order valence-corrected chi connectivity index (χ4v) is 12.8. The van der Waals surface area contributed by atoms with Crippen LogP contribution in [-0.4, -0.2) is 29.9 Å². The van der Waals surface area contributed by atoms with Gasteiger partial charge in [-0.2, -0.15) is 17.6 Å². The maximum absolute atomic E-state index is 17.5. The van der Waals surface area contributed by atoms with E-state index in [0.717, 1.165) is 0 Å². The summed E-state index contributed by atoms with van der Waals surface area (Å²) in [5.74, 6) is -20.0. The number of nitrogens with zero attached hydrogens (tertiary/aromatic N) is 8. The average Bonchev–Trinajstić information content (AvgIpc) is 1.55. The van der Waals surface area contributed by atoms with Gasteiger partial charge in [0.05, 0.1) is 22.8 Å². The predicted octanol–water partition coefficient (Wildman–Crippen LogP) is 19.1. The Balaban J connectivity index is 0.00000686. The van der Waals surface area contributed by atoms with E-state index in [4.69, 9.17) is 19.9 Å². The third kappa shape index (κ3) is 8.67. The van der Waals surface area contributed by atoms with Crippen molar-refractivity contribution < 1.29 is 73.1 Å². The van der Waals surface area contributed by atoms with Crippen LogP contribution in [0.2, 0.25) is 0 Å². The van der Waals surface area contributed by atoms with E-state index in [1.807, 2.05) is 0 Å². The van der Waals surface area contributed by atoms with Crippen molar-refractivity contribution >= 4 is 86.7 Å². The van der Waals surface area contributed by atoms with E-state index in [0.29, 0.717) is 43.1 Å². The molecule has 0 saturated heterocycles. The predicted molar refractivity (Wildman–Crippen MR) is 325 cm³/mol. The molecule has 0 N–H and O–H groups in total. The van der Waals surface area contributed by atoms with Crippen LogP contribution >= 0.6 is 0 Å². The number of hydrogen-bond donors (Lipinski definition) is 0. The van der Waals surface area contributed by atoms with Gasteiger partial charge in [-0.05, 0) is 113 Å². The summed E-state index contributed by atoms with van der Waals surface area (Å²) >= 11 is 0. The van der Waals surface area contributed by atoms with Crippen molar-refractivity contribution in [2.45, 2.75) is 0 Å². The number of fused-ring (bicyclic) bond motifs is 4. The monoisotopic (exact) mass is 1340 g/mol. The van der Waals surface area contributed by atoms with Crippen LogP contribution in [0.25, 0.3) is 177 Å². The Morgan fingerprint density at radius 1 is 0.215 bits per heavy atom. The molecular formula is C72H28F12N8Pd. The molecule has 3 aliphatic rings. The summed E-state index contributed by atoms with van der Waals surface area (Å²) in [6.07, 6.45) is 0. The van der Waals surface area contributed by atoms with Gasteiger partial charge in [-0.15, -0.1) is 22.1 Å². The number of benzene rings is 8. The van der Waals surface area contributed by atoms with E-state index < -0.39 is 115 Å². The Bertz CT molecular complexity index is 5370. The molecule has 14 aromatic rings. The van der Waals surface area contributed by atoms with Crippen LogP contribution in [0.4, 0.5) is 52.7 Å². The SMILES string of the molecule is Fc1cc(F)c(-c2c3nc(c(-c4nc(F)c(F)cc4F)c4[n-]c(c(-c5nc(F)c(F)cc5F)c5nc(c(-c6nc(F)c(F)cc6F)c6[n-]c2c2cc7ccccc7cc62)-c2cc6ccccc6cc2-5)c2cc5ccccc5cc42)-c2cc4ccccc4cc2-3)nc1F.[Pd+2]. The van der Waals surface area contributed by atoms with E-state index in [9.17, 15) is 0 Å². The zero-order valence-electron chi connectivity index (χ0n) is 46.6. The molecule has 0 spiro atoms. The van der Waals surface area contributed by atoms with E-state index in [-0.39, 0.29) is 133 Å². The Morgan fingerprint density at radius 2 is 0.409 bits per heavy atom. The molecule has 21 heteroatoms. The van der Waals surface area contributed by atoms with E-state index >= 15 is 52.7 Å². The van der Waals surface area contributed by atoms with Gasteiger partial charge in [-0.25, -0.2) is 65.0 Å². The second kappa shape index (κ2) is 21.0. The molecule has 93 heavy (non-hydrogen) atoms. The van der Waals surface area contributed by atoms with Crippen molar-refractivity contribution in [3.8, 4) is 90.1 Å². The zero-order valence-corrected chi connectivity index (χ0v) is 48.1. The zero-order chi connectivity index (χ0) is 62.9. The molecule has 8 aromatic carbocycles. The van der Waals surface area contributed by atoms with Crippen LogP contribution in [0.5, 0.6) is 0 Å². The third-order valence-corrected chi connectivity index (χ3v) is 16.9. The molecule has 0 radical (unpaired) electrons. The smallest absolute Gasteiger partial charge is 0.656 e. The summed E-state index contributed by atoms with van der Waals surface area (Å²) in [5, 5.41) is 3.90. The van der Waals surface area contributed by atoms with Crippen LogP contribution in [-0.2, 0) is 20.4 Å². The average molecular weight is 1340 g/mol. The molecule has 8 bridgehead atoms. The Labute approximate surface area is 527 Å². The summed E-state index contributed by atoms with van der Waals surface area (Å²) < 4.78 is 197. The van der Waals surface area contributed by atoms with Gasteiger partial charge in [-0.1, -0.05) is 97.1 Å². The molecule has 17 rings (SSSR count). The summed E-state index contributed by atoms with van der Waals surface area (Å²) in [6, 6.07) is 40.7. The Morgan fingerprint density at radius 3 is 0.613 bits per heavy atom. The quantitative estimate of drug-likeness (QED) is 0.0975. The van der Waals surface area contributed by atoms with Gasteiger partial charge in [-0.3, -0.25) is 0 Å². The van der Waals surface area contributed by atoms with Gasteiger partial charge in [0.1, 0.15) is 22.8 Å². The van der Waals surface area contributed by atoms with Gasteiger partial charge in [0.2, 0.25) is 23.8 Å². The van der Waals surface area contributed by atoms with Crippen molar-refractivity contribution in [3.05, 3.63) is 240 Å². The summed E-state index contributed by atoms with van der Waals surface area (Å²) in [4.78, 5) is 36.4. The van der Waals surface area contributed by atoms with Crippen LogP contribution in [0.1, 0.15) is 0 Å². The first-order chi connectivity index (χ1) is 44.5. The number of aromatic nitrogens is 8. The molecule has 1 aliphatic carbocycles. The van der Waals surface area contributed by atoms with Crippen molar-refractivity contribution in [3.63, 3.8) is 0 Å². The summed E-state index contributed by atoms with van der Waals surface area (Å²) in [6.45, 7) is 0. The van der Waals surface area contributed by atoms with Crippen molar-refractivity contribution in [2.75, 3.05) is 0 Å². The minimum Gasteiger partial charge on any atom is -0.656 e. The van der Waals surface area contributed by atoms with Gasteiger partial charge in [0, 0.05) is 68.8 Å². The largest absolute Gasteiger partial charge is 2.00 e. The normalized spacial score (nSPS) is 12.0. The molecule has 6 aromatic heterocycles. The molecule has 0 saturated carbocycles. The van der Waals surface area contributed by atoms with Crippen LogP contribution < -0.4 is 9.97 Å². The topological polar surface area (TPSA) is 106 Å². The maximum Gasteiger partial charge on any atom is 2.00 e. The fraction of sp³-hybridized carbons (Fsp3) is 0. The number of rotatable bonds is 4. The second-order valence-corrected chi connectivity index (χ2v) is 22.1. The molecule has 8 heterocycles. The first-order valence-corrected chi connectivity index (χ1v) is 28.1. The van der Waals surface area contributed by atoms with Crippen LogP contribution in [0.15, 0.2) is 170 Å².